The van der Waals surface area contributed by atoms with Crippen molar-refractivity contribution in [3.05, 3.63) is 29.8 Å². The Labute approximate surface area is 131 Å². The lowest BCUT2D eigenvalue weighted by Crippen LogP contribution is -2.53. The van der Waals surface area contributed by atoms with Crippen LogP contribution >= 0.6 is 0 Å². The van der Waals surface area contributed by atoms with E-state index in [0.717, 1.165) is 32.6 Å². The first-order chi connectivity index (χ1) is 9.65. The van der Waals surface area contributed by atoms with Gasteiger partial charge in [0.2, 0.25) is 0 Å². The van der Waals surface area contributed by atoms with Crippen LogP contribution in [-0.4, -0.2) is 36.6 Å². The van der Waals surface area contributed by atoms with Gasteiger partial charge in [0.1, 0.15) is 0 Å². The highest BCUT2D eigenvalue weighted by Gasteiger charge is 2.25. The van der Waals surface area contributed by atoms with Gasteiger partial charge in [-0.25, -0.2) is 0 Å². The third kappa shape index (κ3) is 4.74. The van der Waals surface area contributed by atoms with Crippen LogP contribution in [0.15, 0.2) is 24.3 Å². The van der Waals surface area contributed by atoms with Crippen molar-refractivity contribution in [2.45, 2.75) is 53.5 Å². The van der Waals surface area contributed by atoms with Gasteiger partial charge in [0, 0.05) is 37.4 Å². The molecular weight excluding hydrogens is 256 g/mol. The van der Waals surface area contributed by atoms with Crippen molar-refractivity contribution in [3.63, 3.8) is 0 Å². The van der Waals surface area contributed by atoms with E-state index in [1.165, 1.54) is 11.3 Å². The van der Waals surface area contributed by atoms with Crippen LogP contribution in [-0.2, 0) is 6.42 Å². The first-order valence-corrected chi connectivity index (χ1v) is 8.24. The molecule has 1 heterocycles. The van der Waals surface area contributed by atoms with Crippen molar-refractivity contribution < 1.29 is 0 Å². The molecule has 1 aromatic rings. The fourth-order valence-corrected chi connectivity index (χ4v) is 3.07. The monoisotopic (exact) mass is 288 g/mol. The topological polar surface area (TPSA) is 6.48 Å². The van der Waals surface area contributed by atoms with Gasteiger partial charge in [0.05, 0.1) is 0 Å². The largest absolute Gasteiger partial charge is 0.369 e. The van der Waals surface area contributed by atoms with Crippen molar-refractivity contribution in [2.75, 3.05) is 31.1 Å². The van der Waals surface area contributed by atoms with Crippen LogP contribution in [0.1, 0.15) is 47.1 Å². The van der Waals surface area contributed by atoms with Crippen molar-refractivity contribution in [3.8, 4) is 0 Å². The molecule has 2 rings (SSSR count). The predicted molar refractivity (Wildman–Crippen MR) is 93.1 cm³/mol. The first-order valence-electron chi connectivity index (χ1n) is 8.24. The van der Waals surface area contributed by atoms with E-state index < -0.39 is 0 Å². The second kappa shape index (κ2) is 6.00. The summed E-state index contributed by atoms with van der Waals surface area (Å²) in [6, 6.07) is 9.20. The van der Waals surface area contributed by atoms with Crippen LogP contribution < -0.4 is 4.90 Å². The smallest absolute Gasteiger partial charge is 0.0367 e. The number of hydrogen-bond acceptors (Lipinski definition) is 2. The van der Waals surface area contributed by atoms with E-state index in [-0.39, 0.29) is 0 Å². The highest BCUT2D eigenvalue weighted by molar-refractivity contribution is 5.48. The van der Waals surface area contributed by atoms with E-state index in [9.17, 15) is 0 Å². The maximum Gasteiger partial charge on any atom is 0.0367 e. The van der Waals surface area contributed by atoms with Crippen LogP contribution in [0, 0.1) is 5.41 Å². The van der Waals surface area contributed by atoms with Crippen LogP contribution in [0.4, 0.5) is 5.69 Å². The fraction of sp³-hybridized carbons (Fsp3) is 0.684. The third-order valence-electron chi connectivity index (χ3n) is 4.26. The van der Waals surface area contributed by atoms with Crippen LogP contribution in [0.25, 0.3) is 0 Å². The number of rotatable bonds is 2. The second-order valence-corrected chi connectivity index (χ2v) is 8.55. The average Bonchev–Trinajstić information content (AvgIpc) is 2.37. The molecule has 0 radical (unpaired) electrons. The maximum absolute atomic E-state index is 2.58. The van der Waals surface area contributed by atoms with Crippen LogP contribution in [0.5, 0.6) is 0 Å². The summed E-state index contributed by atoms with van der Waals surface area (Å²) >= 11 is 0. The Morgan fingerprint density at radius 2 is 1.33 bits per heavy atom. The summed E-state index contributed by atoms with van der Waals surface area (Å²) in [6.07, 6.45) is 1.14. The SMILES string of the molecule is CC(C)(C)Cc1ccc(N2CCN(C(C)(C)C)CC2)cc1. The summed E-state index contributed by atoms with van der Waals surface area (Å²) in [6.45, 7) is 18.4. The molecule has 0 bridgehead atoms. The van der Waals surface area contributed by atoms with Crippen LogP contribution in [0.3, 0.4) is 0 Å². The first kappa shape index (κ1) is 16.4. The number of anilines is 1. The lowest BCUT2D eigenvalue weighted by molar-refractivity contribution is 0.128. The molecule has 0 amide bonds. The normalized spacial score (nSPS) is 18.1. The third-order valence-corrected chi connectivity index (χ3v) is 4.26. The molecule has 2 heteroatoms. The number of hydrogen-bond donors (Lipinski definition) is 0. The molecule has 118 valence electrons. The Morgan fingerprint density at radius 3 is 1.76 bits per heavy atom. The van der Waals surface area contributed by atoms with Crippen molar-refractivity contribution >= 4 is 5.69 Å². The van der Waals surface area contributed by atoms with Gasteiger partial charge in [-0.1, -0.05) is 32.9 Å². The molecule has 2 nitrogen and oxygen atoms in total. The minimum Gasteiger partial charge on any atom is -0.369 e. The van der Waals surface area contributed by atoms with E-state index in [0.29, 0.717) is 11.0 Å². The Morgan fingerprint density at radius 1 is 0.810 bits per heavy atom. The maximum atomic E-state index is 2.58. The van der Waals surface area contributed by atoms with Gasteiger partial charge in [0.25, 0.3) is 0 Å². The van der Waals surface area contributed by atoms with Gasteiger partial charge in [-0.15, -0.1) is 0 Å². The highest BCUT2D eigenvalue weighted by atomic mass is 15.3. The minimum absolute atomic E-state index is 0.294. The molecule has 0 N–H and O–H groups in total. The quantitative estimate of drug-likeness (QED) is 0.805. The Balaban J connectivity index is 1.95. The lowest BCUT2D eigenvalue weighted by atomic mass is 9.88. The van der Waals surface area contributed by atoms with Gasteiger partial charge >= 0.3 is 0 Å². The van der Waals surface area contributed by atoms with E-state index in [1.807, 2.05) is 0 Å². The van der Waals surface area contributed by atoms with Gasteiger partial charge in [-0.3, -0.25) is 4.90 Å². The van der Waals surface area contributed by atoms with Gasteiger partial charge in [-0.2, -0.15) is 0 Å². The van der Waals surface area contributed by atoms with Crippen molar-refractivity contribution in [2.24, 2.45) is 5.41 Å². The summed E-state index contributed by atoms with van der Waals surface area (Å²) in [5.41, 5.74) is 3.48. The zero-order valence-electron chi connectivity index (χ0n) is 14.7. The molecule has 1 aromatic carbocycles. The molecule has 0 aromatic heterocycles. The number of nitrogens with zero attached hydrogens (tertiary/aromatic N) is 2. The summed E-state index contributed by atoms with van der Waals surface area (Å²) < 4.78 is 0. The van der Waals surface area contributed by atoms with Crippen molar-refractivity contribution in [1.29, 1.82) is 0 Å². The molecule has 1 saturated heterocycles. The molecule has 0 atom stereocenters. The molecule has 21 heavy (non-hydrogen) atoms. The standard InChI is InChI=1S/C19H32N2/c1-18(2,3)15-16-7-9-17(10-8-16)20-11-13-21(14-12-20)19(4,5)6/h7-10H,11-15H2,1-6H3. The van der Waals surface area contributed by atoms with E-state index >= 15 is 0 Å². The summed E-state index contributed by atoms with van der Waals surface area (Å²) in [5.74, 6) is 0. The summed E-state index contributed by atoms with van der Waals surface area (Å²) in [4.78, 5) is 5.10. The van der Waals surface area contributed by atoms with E-state index in [2.05, 4.69) is 75.6 Å². The Kier molecular flexibility index (Phi) is 4.67. The fourth-order valence-electron chi connectivity index (χ4n) is 3.07. The lowest BCUT2D eigenvalue weighted by Gasteiger charge is -2.43. The molecular formula is C19H32N2. The molecule has 0 aliphatic carbocycles. The molecule has 0 spiro atoms. The van der Waals surface area contributed by atoms with E-state index in [4.69, 9.17) is 0 Å². The molecule has 0 unspecified atom stereocenters. The Hall–Kier alpha value is -1.02. The summed E-state index contributed by atoms with van der Waals surface area (Å²) in [7, 11) is 0. The van der Waals surface area contributed by atoms with Crippen LogP contribution in [0.2, 0.25) is 0 Å². The highest BCUT2D eigenvalue weighted by Crippen LogP contribution is 2.24. The molecule has 1 fully saturated rings. The predicted octanol–water partition coefficient (Wildman–Crippen LogP) is 4.20. The van der Waals surface area contributed by atoms with E-state index in [1.54, 1.807) is 0 Å². The zero-order valence-corrected chi connectivity index (χ0v) is 14.7. The molecule has 0 saturated carbocycles. The van der Waals surface area contributed by atoms with Gasteiger partial charge in [0.15, 0.2) is 0 Å². The summed E-state index contributed by atoms with van der Waals surface area (Å²) in [5, 5.41) is 0. The molecule has 1 aliphatic rings. The second-order valence-electron chi connectivity index (χ2n) is 8.55. The zero-order chi connectivity index (χ0) is 15.7. The van der Waals surface area contributed by atoms with Gasteiger partial charge < -0.3 is 4.90 Å². The van der Waals surface area contributed by atoms with Crippen molar-refractivity contribution in [1.82, 2.24) is 4.90 Å². The number of piperazine rings is 1. The number of benzene rings is 1. The van der Waals surface area contributed by atoms with Gasteiger partial charge in [-0.05, 0) is 50.3 Å². The Bertz CT molecular complexity index is 440. The average molecular weight is 288 g/mol. The minimum atomic E-state index is 0.294. The molecule has 1 aliphatic heterocycles.